The fourth-order valence-electron chi connectivity index (χ4n) is 4.87. The van der Waals surface area contributed by atoms with Crippen LogP contribution in [0.4, 0.5) is 0 Å². The minimum Gasteiger partial charge on any atom is -0.459 e. The van der Waals surface area contributed by atoms with Crippen LogP contribution in [0.15, 0.2) is 46.8 Å². The molecule has 148 valence electrons. The number of benzene rings is 1. The van der Waals surface area contributed by atoms with Crippen LogP contribution in [-0.4, -0.2) is 17.9 Å². The van der Waals surface area contributed by atoms with Gasteiger partial charge in [0, 0.05) is 29.3 Å². The lowest BCUT2D eigenvalue weighted by Crippen LogP contribution is -2.35. The molecule has 1 heterocycles. The predicted molar refractivity (Wildman–Crippen MR) is 109 cm³/mol. The van der Waals surface area contributed by atoms with Crippen molar-refractivity contribution >= 4 is 11.8 Å². The fraction of sp³-hybridized carbons (Fsp3) is 0.500. The molecule has 0 saturated heterocycles. The van der Waals surface area contributed by atoms with Gasteiger partial charge < -0.3 is 10.1 Å². The molecule has 3 aliphatic rings. The van der Waals surface area contributed by atoms with Crippen molar-refractivity contribution in [3.05, 3.63) is 57.9 Å². The summed E-state index contributed by atoms with van der Waals surface area (Å²) in [7, 11) is 0. The molecule has 1 aromatic carbocycles. The fourth-order valence-corrected chi connectivity index (χ4v) is 4.87. The zero-order valence-corrected chi connectivity index (χ0v) is 16.8. The number of nitrogens with one attached hydrogen (secondary N) is 1. The number of rotatable bonds is 3. The lowest BCUT2D eigenvalue weighted by molar-refractivity contribution is -0.146. The van der Waals surface area contributed by atoms with Gasteiger partial charge in [-0.3, -0.25) is 4.79 Å². The van der Waals surface area contributed by atoms with Gasteiger partial charge in [-0.15, -0.1) is 0 Å². The third-order valence-electron chi connectivity index (χ3n) is 6.32. The molecule has 1 atom stereocenters. The summed E-state index contributed by atoms with van der Waals surface area (Å²) >= 11 is 0. The summed E-state index contributed by atoms with van der Waals surface area (Å²) in [5.41, 5.74) is 5.30. The van der Waals surface area contributed by atoms with E-state index in [0.717, 1.165) is 66.6 Å². The van der Waals surface area contributed by atoms with Crippen LogP contribution in [0.1, 0.15) is 75.3 Å². The first-order valence-electron chi connectivity index (χ1n) is 10.6. The van der Waals surface area contributed by atoms with Crippen molar-refractivity contribution in [3.8, 4) is 0 Å². The molecule has 1 aliphatic heterocycles. The summed E-state index contributed by atoms with van der Waals surface area (Å²) in [5, 5.41) is 3.37. The van der Waals surface area contributed by atoms with Crippen LogP contribution >= 0.6 is 0 Å². The van der Waals surface area contributed by atoms with Gasteiger partial charge >= 0.3 is 5.97 Å². The van der Waals surface area contributed by atoms with Gasteiger partial charge in [0.15, 0.2) is 5.78 Å². The molecule has 0 bridgehead atoms. The molecule has 0 aromatic heterocycles. The van der Waals surface area contributed by atoms with Crippen molar-refractivity contribution in [3.63, 3.8) is 0 Å². The maximum Gasteiger partial charge on any atom is 0.337 e. The van der Waals surface area contributed by atoms with E-state index in [1.54, 1.807) is 0 Å². The number of Topliss-reactive ketones (excluding diaryl/α,β-unsaturated/α-hetero) is 1. The van der Waals surface area contributed by atoms with E-state index in [9.17, 15) is 9.59 Å². The van der Waals surface area contributed by atoms with Gasteiger partial charge in [0.05, 0.1) is 5.57 Å². The van der Waals surface area contributed by atoms with Gasteiger partial charge in [0.1, 0.15) is 6.10 Å². The Bertz CT molecular complexity index is 858. The van der Waals surface area contributed by atoms with Gasteiger partial charge in [0.2, 0.25) is 0 Å². The Kier molecular flexibility index (Phi) is 5.38. The molecular formula is C24H29NO3. The first-order valence-corrected chi connectivity index (χ1v) is 10.6. The van der Waals surface area contributed by atoms with E-state index in [-0.39, 0.29) is 23.8 Å². The molecule has 0 radical (unpaired) electrons. The maximum absolute atomic E-state index is 13.3. The largest absolute Gasteiger partial charge is 0.459 e. The number of esters is 1. The summed E-state index contributed by atoms with van der Waals surface area (Å²) in [4.78, 5) is 26.2. The van der Waals surface area contributed by atoms with E-state index < -0.39 is 0 Å². The van der Waals surface area contributed by atoms with E-state index in [1.807, 2.05) is 38.1 Å². The first-order chi connectivity index (χ1) is 13.6. The number of aryl methyl sites for hydroxylation is 1. The lowest BCUT2D eigenvalue weighted by atomic mass is 9.74. The van der Waals surface area contributed by atoms with Gasteiger partial charge in [0.25, 0.3) is 0 Å². The van der Waals surface area contributed by atoms with Crippen molar-refractivity contribution < 1.29 is 14.3 Å². The minimum absolute atomic E-state index is 0.00324. The van der Waals surface area contributed by atoms with E-state index >= 15 is 0 Å². The van der Waals surface area contributed by atoms with E-state index in [2.05, 4.69) is 5.32 Å². The van der Waals surface area contributed by atoms with Crippen molar-refractivity contribution in [1.29, 1.82) is 0 Å². The minimum atomic E-state index is -0.332. The molecule has 28 heavy (non-hydrogen) atoms. The van der Waals surface area contributed by atoms with Crippen LogP contribution in [-0.2, 0) is 14.3 Å². The summed E-state index contributed by atoms with van der Waals surface area (Å²) in [6, 6.07) is 8.06. The number of allylic oxidation sites excluding steroid dienone is 3. The summed E-state index contributed by atoms with van der Waals surface area (Å²) < 4.78 is 5.94. The van der Waals surface area contributed by atoms with Gasteiger partial charge in [-0.05, 0) is 63.5 Å². The van der Waals surface area contributed by atoms with Crippen LogP contribution in [0.25, 0.3) is 0 Å². The SMILES string of the molecule is CC1=C(C(=O)OC2CCCCC2)C(c2ccccc2C)C2=C(CCCC2=O)N1. The molecule has 1 fully saturated rings. The standard InChI is InChI=1S/C24H29NO3/c1-15-9-6-7-12-18(15)22-21(24(27)28-17-10-4-3-5-11-17)16(2)25-19-13-8-14-20(26)23(19)22/h6-7,9,12,17,22,25H,3-5,8,10-11,13-14H2,1-2H3. The molecule has 1 N–H and O–H groups in total. The Hall–Kier alpha value is -2.36. The Morgan fingerprint density at radius 3 is 2.54 bits per heavy atom. The number of hydrogen-bond acceptors (Lipinski definition) is 4. The molecule has 0 spiro atoms. The lowest BCUT2D eigenvalue weighted by Gasteiger charge is -2.35. The van der Waals surface area contributed by atoms with Crippen LogP contribution < -0.4 is 5.32 Å². The molecular weight excluding hydrogens is 350 g/mol. The molecule has 4 heteroatoms. The molecule has 1 saturated carbocycles. The van der Waals surface area contributed by atoms with Gasteiger partial charge in [-0.2, -0.15) is 0 Å². The van der Waals surface area contributed by atoms with E-state index in [1.165, 1.54) is 6.42 Å². The van der Waals surface area contributed by atoms with Crippen LogP contribution in [0, 0.1) is 6.92 Å². The van der Waals surface area contributed by atoms with Gasteiger partial charge in [-0.25, -0.2) is 4.79 Å². The third kappa shape index (κ3) is 3.52. The highest BCUT2D eigenvalue weighted by Gasteiger charge is 2.40. The maximum atomic E-state index is 13.3. The highest BCUT2D eigenvalue weighted by atomic mass is 16.5. The number of ketones is 1. The summed E-state index contributed by atoms with van der Waals surface area (Å²) in [5.74, 6) is -0.450. The van der Waals surface area contributed by atoms with Crippen molar-refractivity contribution in [1.82, 2.24) is 5.32 Å². The second kappa shape index (κ2) is 7.94. The number of carbonyl (C=O) groups excluding carboxylic acids is 2. The number of carbonyl (C=O) groups is 2. The molecule has 1 unspecified atom stereocenters. The van der Waals surface area contributed by atoms with Crippen molar-refractivity contribution in [2.24, 2.45) is 0 Å². The molecule has 4 rings (SSSR count). The normalized spacial score (nSPS) is 23.4. The van der Waals surface area contributed by atoms with Crippen LogP contribution in [0.2, 0.25) is 0 Å². The number of dihydropyridines is 1. The Morgan fingerprint density at radius 1 is 1.04 bits per heavy atom. The highest BCUT2D eigenvalue weighted by Crippen LogP contribution is 2.43. The van der Waals surface area contributed by atoms with Gasteiger partial charge in [-0.1, -0.05) is 30.7 Å². The predicted octanol–water partition coefficient (Wildman–Crippen LogP) is 4.84. The molecule has 1 aromatic rings. The molecule has 2 aliphatic carbocycles. The highest BCUT2D eigenvalue weighted by molar-refractivity contribution is 6.03. The number of ether oxygens (including phenoxy) is 1. The quantitative estimate of drug-likeness (QED) is 0.764. The topological polar surface area (TPSA) is 55.4 Å². The van der Waals surface area contributed by atoms with Crippen molar-refractivity contribution in [2.45, 2.75) is 77.2 Å². The molecule has 0 amide bonds. The zero-order valence-electron chi connectivity index (χ0n) is 16.8. The summed E-state index contributed by atoms with van der Waals surface area (Å²) in [6.07, 6.45) is 7.58. The third-order valence-corrected chi connectivity index (χ3v) is 6.32. The van der Waals surface area contributed by atoms with E-state index in [4.69, 9.17) is 4.74 Å². The summed E-state index contributed by atoms with van der Waals surface area (Å²) in [6.45, 7) is 3.98. The Balaban J connectivity index is 1.75. The Labute approximate surface area is 167 Å². The zero-order chi connectivity index (χ0) is 19.7. The monoisotopic (exact) mass is 379 g/mol. The van der Waals surface area contributed by atoms with Crippen LogP contribution in [0.3, 0.4) is 0 Å². The van der Waals surface area contributed by atoms with Crippen LogP contribution in [0.5, 0.6) is 0 Å². The smallest absolute Gasteiger partial charge is 0.337 e. The Morgan fingerprint density at radius 2 is 1.79 bits per heavy atom. The second-order valence-corrected chi connectivity index (χ2v) is 8.29. The average molecular weight is 380 g/mol. The van der Waals surface area contributed by atoms with Crippen molar-refractivity contribution in [2.75, 3.05) is 0 Å². The molecule has 4 nitrogen and oxygen atoms in total. The number of hydrogen-bond donors (Lipinski definition) is 1. The second-order valence-electron chi connectivity index (χ2n) is 8.29. The first kappa shape index (κ1) is 19.0. The average Bonchev–Trinajstić information content (AvgIpc) is 2.68. The van der Waals surface area contributed by atoms with E-state index in [0.29, 0.717) is 12.0 Å².